The van der Waals surface area contributed by atoms with Crippen molar-refractivity contribution in [2.75, 3.05) is 4.90 Å². The van der Waals surface area contributed by atoms with E-state index in [0.29, 0.717) is 0 Å². The first-order valence-electron chi connectivity index (χ1n) is 16.3. The van der Waals surface area contributed by atoms with Gasteiger partial charge in [0.15, 0.2) is 0 Å². The van der Waals surface area contributed by atoms with Gasteiger partial charge in [0.25, 0.3) is 0 Å². The number of furan rings is 1. The standard InChI is InChI=1S/C44H33NOSi/c1-47(2)41-28-27-38-37-15-9-10-16-40(37)46-44(38)43(41)39-26-25-36(29-42(39)47)45(34-21-17-32(18-22-34)30-11-5-3-6-12-30)35-23-19-33(20-24-35)31-13-7-4-8-14-31/h3-29H,1-2H3. The Morgan fingerprint density at radius 2 is 0.979 bits per heavy atom. The van der Waals surface area contributed by atoms with Gasteiger partial charge in [-0.2, -0.15) is 0 Å². The minimum absolute atomic E-state index is 0.949. The van der Waals surface area contributed by atoms with Gasteiger partial charge in [-0.25, -0.2) is 0 Å². The molecule has 3 heteroatoms. The van der Waals surface area contributed by atoms with Crippen LogP contribution in [0.2, 0.25) is 13.1 Å². The first-order chi connectivity index (χ1) is 23.1. The first kappa shape index (κ1) is 27.6. The zero-order chi connectivity index (χ0) is 31.5. The molecule has 0 amide bonds. The summed E-state index contributed by atoms with van der Waals surface area (Å²) in [6.07, 6.45) is 0. The Morgan fingerprint density at radius 1 is 0.447 bits per heavy atom. The Kier molecular flexibility index (Phi) is 6.31. The predicted molar refractivity (Wildman–Crippen MR) is 201 cm³/mol. The van der Waals surface area contributed by atoms with Gasteiger partial charge in [-0.15, -0.1) is 0 Å². The Bertz CT molecular complexity index is 2320. The summed E-state index contributed by atoms with van der Waals surface area (Å²) >= 11 is 0. The highest BCUT2D eigenvalue weighted by molar-refractivity contribution is 7.04. The number of hydrogen-bond donors (Lipinski definition) is 0. The summed E-state index contributed by atoms with van der Waals surface area (Å²) in [4.78, 5) is 2.40. The maximum atomic E-state index is 6.57. The van der Waals surface area contributed by atoms with Crippen LogP contribution in [0.1, 0.15) is 0 Å². The number of benzene rings is 7. The van der Waals surface area contributed by atoms with E-state index in [1.807, 2.05) is 0 Å². The monoisotopic (exact) mass is 619 g/mol. The van der Waals surface area contributed by atoms with Gasteiger partial charge in [0.05, 0.1) is 0 Å². The van der Waals surface area contributed by atoms with E-state index in [1.165, 1.54) is 54.5 Å². The molecule has 0 unspecified atom stereocenters. The van der Waals surface area contributed by atoms with Crippen molar-refractivity contribution < 1.29 is 4.42 Å². The summed E-state index contributed by atoms with van der Waals surface area (Å²) in [5.41, 5.74) is 12.8. The largest absolute Gasteiger partial charge is 0.455 e. The average Bonchev–Trinajstić information content (AvgIpc) is 3.62. The molecule has 0 saturated carbocycles. The lowest BCUT2D eigenvalue weighted by molar-refractivity contribution is 0.670. The quantitative estimate of drug-likeness (QED) is 0.178. The summed E-state index contributed by atoms with van der Waals surface area (Å²) in [6.45, 7) is 4.95. The molecule has 0 aliphatic carbocycles. The van der Waals surface area contributed by atoms with Gasteiger partial charge in [0, 0.05) is 33.4 Å². The molecule has 2 nitrogen and oxygen atoms in total. The van der Waals surface area contributed by atoms with E-state index in [-0.39, 0.29) is 0 Å². The van der Waals surface area contributed by atoms with E-state index in [2.05, 4.69) is 182 Å². The van der Waals surface area contributed by atoms with Crippen molar-refractivity contribution in [2.45, 2.75) is 13.1 Å². The average molecular weight is 620 g/mol. The highest BCUT2D eigenvalue weighted by atomic mass is 28.3. The number of anilines is 3. The van der Waals surface area contributed by atoms with Crippen LogP contribution in [-0.2, 0) is 0 Å². The van der Waals surface area contributed by atoms with Crippen LogP contribution in [0.3, 0.4) is 0 Å². The van der Waals surface area contributed by atoms with Crippen LogP contribution < -0.4 is 15.3 Å². The molecule has 1 aliphatic rings. The zero-order valence-electron chi connectivity index (χ0n) is 26.4. The molecule has 0 saturated heterocycles. The summed E-state index contributed by atoms with van der Waals surface area (Å²) < 4.78 is 6.57. The molecule has 0 radical (unpaired) electrons. The zero-order valence-corrected chi connectivity index (χ0v) is 27.4. The number of hydrogen-bond acceptors (Lipinski definition) is 2. The number of para-hydroxylation sites is 1. The molecule has 224 valence electrons. The molecule has 7 aromatic carbocycles. The Balaban J connectivity index is 1.19. The normalized spacial score (nSPS) is 13.1. The smallest absolute Gasteiger partial charge is 0.143 e. The third-order valence-electron chi connectivity index (χ3n) is 9.89. The molecule has 1 aromatic heterocycles. The second kappa shape index (κ2) is 10.7. The van der Waals surface area contributed by atoms with Gasteiger partial charge >= 0.3 is 0 Å². The lowest BCUT2D eigenvalue weighted by atomic mass is 10.0. The summed E-state index contributed by atoms with van der Waals surface area (Å²) in [6, 6.07) is 59.2. The molecule has 0 spiro atoms. The third kappa shape index (κ3) is 4.46. The lowest BCUT2D eigenvalue weighted by Gasteiger charge is -2.28. The van der Waals surface area contributed by atoms with Crippen molar-refractivity contribution in [2.24, 2.45) is 0 Å². The van der Waals surface area contributed by atoms with Crippen LogP contribution in [0.5, 0.6) is 0 Å². The number of nitrogens with zero attached hydrogens (tertiary/aromatic N) is 1. The number of rotatable bonds is 5. The molecule has 0 N–H and O–H groups in total. The van der Waals surface area contributed by atoms with Crippen molar-refractivity contribution in [3.8, 4) is 33.4 Å². The van der Waals surface area contributed by atoms with Gasteiger partial charge in [0.1, 0.15) is 19.2 Å². The third-order valence-corrected chi connectivity index (χ3v) is 13.4. The van der Waals surface area contributed by atoms with E-state index < -0.39 is 8.07 Å². The van der Waals surface area contributed by atoms with Gasteiger partial charge in [-0.05, 0) is 80.7 Å². The molecule has 0 bridgehead atoms. The van der Waals surface area contributed by atoms with Crippen molar-refractivity contribution in [1.82, 2.24) is 0 Å². The van der Waals surface area contributed by atoms with Crippen LogP contribution >= 0.6 is 0 Å². The van der Waals surface area contributed by atoms with Crippen molar-refractivity contribution in [1.29, 1.82) is 0 Å². The lowest BCUT2D eigenvalue weighted by Crippen LogP contribution is -2.49. The van der Waals surface area contributed by atoms with Gasteiger partial charge in [-0.1, -0.05) is 134 Å². The first-order valence-corrected chi connectivity index (χ1v) is 19.3. The van der Waals surface area contributed by atoms with Gasteiger partial charge in [-0.3, -0.25) is 0 Å². The van der Waals surface area contributed by atoms with Crippen LogP contribution in [0.25, 0.3) is 55.3 Å². The SMILES string of the molecule is C[Si]1(C)c2cc(N(c3ccc(-c4ccccc4)cc3)c3ccc(-c4ccccc4)cc3)ccc2-c2c1ccc1c2oc2ccccc21. The van der Waals surface area contributed by atoms with E-state index in [4.69, 9.17) is 4.42 Å². The summed E-state index contributed by atoms with van der Waals surface area (Å²) in [5.74, 6) is 0. The highest BCUT2D eigenvalue weighted by Gasteiger charge is 2.40. The Morgan fingerprint density at radius 3 is 1.60 bits per heavy atom. The molecule has 1 aliphatic heterocycles. The fraction of sp³-hybridized carbons (Fsp3) is 0.0455. The minimum Gasteiger partial charge on any atom is -0.455 e. The maximum Gasteiger partial charge on any atom is 0.143 e. The van der Waals surface area contributed by atoms with Gasteiger partial charge < -0.3 is 9.32 Å². The van der Waals surface area contributed by atoms with Crippen LogP contribution in [0, 0.1) is 0 Å². The Labute approximate surface area is 276 Å². The van der Waals surface area contributed by atoms with E-state index in [0.717, 1.165) is 28.2 Å². The molecular weight excluding hydrogens is 587 g/mol. The predicted octanol–water partition coefficient (Wildman–Crippen LogP) is 11.2. The van der Waals surface area contributed by atoms with Crippen LogP contribution in [-0.4, -0.2) is 8.07 Å². The van der Waals surface area contributed by atoms with Gasteiger partial charge in [0.2, 0.25) is 0 Å². The second-order valence-electron chi connectivity index (χ2n) is 13.0. The van der Waals surface area contributed by atoms with Crippen molar-refractivity contribution in [3.63, 3.8) is 0 Å². The molecule has 2 heterocycles. The minimum atomic E-state index is -2.02. The van der Waals surface area contributed by atoms with E-state index in [1.54, 1.807) is 0 Å². The van der Waals surface area contributed by atoms with Crippen molar-refractivity contribution >= 4 is 57.4 Å². The fourth-order valence-electron chi connectivity index (χ4n) is 7.44. The van der Waals surface area contributed by atoms with E-state index in [9.17, 15) is 0 Å². The topological polar surface area (TPSA) is 16.4 Å². The molecule has 0 atom stereocenters. The van der Waals surface area contributed by atoms with Crippen LogP contribution in [0.4, 0.5) is 17.1 Å². The van der Waals surface area contributed by atoms with Crippen LogP contribution in [0.15, 0.2) is 168 Å². The molecule has 9 rings (SSSR count). The highest BCUT2D eigenvalue weighted by Crippen LogP contribution is 2.42. The molecular formula is C44H33NOSi. The molecule has 8 aromatic rings. The summed E-state index contributed by atoms with van der Waals surface area (Å²) in [7, 11) is -2.02. The molecule has 47 heavy (non-hydrogen) atoms. The van der Waals surface area contributed by atoms with Crippen molar-refractivity contribution in [3.05, 3.63) is 164 Å². The van der Waals surface area contributed by atoms with E-state index >= 15 is 0 Å². The second-order valence-corrected chi connectivity index (χ2v) is 17.3. The Hall–Kier alpha value is -5.64. The molecule has 0 fully saturated rings. The maximum absolute atomic E-state index is 6.57. The number of fused-ring (bicyclic) bond motifs is 7. The fourth-order valence-corrected chi connectivity index (χ4v) is 10.5. The summed E-state index contributed by atoms with van der Waals surface area (Å²) in [5, 5.41) is 5.27.